The van der Waals surface area contributed by atoms with E-state index in [2.05, 4.69) is 10.1 Å². The molecule has 2 heterocycles. The summed E-state index contributed by atoms with van der Waals surface area (Å²) >= 11 is 0. The molecule has 1 amide bonds. The van der Waals surface area contributed by atoms with Crippen LogP contribution in [-0.2, 0) is 16.1 Å². The van der Waals surface area contributed by atoms with Gasteiger partial charge in [-0.2, -0.15) is 5.10 Å². The highest BCUT2D eigenvalue weighted by Gasteiger charge is 2.25. The van der Waals surface area contributed by atoms with Crippen LogP contribution in [0.1, 0.15) is 24.4 Å². The lowest BCUT2D eigenvalue weighted by molar-refractivity contribution is -0.138. The SMILES string of the molecule is COc1ccc(COCC(=O)N2CCCC(n3cncn3)C2)cc1. The summed E-state index contributed by atoms with van der Waals surface area (Å²) < 4.78 is 12.5. The van der Waals surface area contributed by atoms with Gasteiger partial charge in [0.05, 0.1) is 19.8 Å². The van der Waals surface area contributed by atoms with Gasteiger partial charge < -0.3 is 14.4 Å². The van der Waals surface area contributed by atoms with E-state index in [0.29, 0.717) is 13.2 Å². The first kappa shape index (κ1) is 16.4. The fourth-order valence-corrected chi connectivity index (χ4v) is 2.87. The summed E-state index contributed by atoms with van der Waals surface area (Å²) in [5, 5.41) is 4.18. The Bertz CT molecular complexity index is 642. The van der Waals surface area contributed by atoms with Gasteiger partial charge >= 0.3 is 0 Å². The normalized spacial score (nSPS) is 17.7. The Labute approximate surface area is 141 Å². The lowest BCUT2D eigenvalue weighted by atomic mass is 10.1. The zero-order chi connectivity index (χ0) is 16.8. The monoisotopic (exact) mass is 330 g/mol. The molecule has 1 unspecified atom stereocenters. The van der Waals surface area contributed by atoms with E-state index in [9.17, 15) is 4.79 Å². The van der Waals surface area contributed by atoms with Crippen LogP contribution in [0, 0.1) is 0 Å². The van der Waals surface area contributed by atoms with Gasteiger partial charge in [-0.05, 0) is 30.5 Å². The first-order valence-corrected chi connectivity index (χ1v) is 8.09. The molecule has 2 aromatic rings. The maximum absolute atomic E-state index is 12.3. The molecule has 24 heavy (non-hydrogen) atoms. The quantitative estimate of drug-likeness (QED) is 0.806. The molecule has 1 aliphatic rings. The first-order chi connectivity index (χ1) is 11.8. The summed E-state index contributed by atoms with van der Waals surface area (Å²) in [4.78, 5) is 18.2. The van der Waals surface area contributed by atoms with Gasteiger partial charge in [0.25, 0.3) is 0 Å². The van der Waals surface area contributed by atoms with E-state index in [-0.39, 0.29) is 18.6 Å². The molecule has 0 spiro atoms. The summed E-state index contributed by atoms with van der Waals surface area (Å²) in [7, 11) is 1.63. The highest BCUT2D eigenvalue weighted by Crippen LogP contribution is 2.20. The number of ether oxygens (including phenoxy) is 2. The summed E-state index contributed by atoms with van der Waals surface area (Å²) in [5.74, 6) is 0.829. The minimum atomic E-state index is 0.0216. The number of likely N-dealkylation sites (tertiary alicyclic amines) is 1. The van der Waals surface area contributed by atoms with E-state index in [1.807, 2.05) is 33.8 Å². The minimum Gasteiger partial charge on any atom is -0.497 e. The van der Waals surface area contributed by atoms with Gasteiger partial charge in [-0.25, -0.2) is 9.67 Å². The van der Waals surface area contributed by atoms with Crippen LogP contribution in [0.4, 0.5) is 0 Å². The molecular weight excluding hydrogens is 308 g/mol. The third-order valence-corrected chi connectivity index (χ3v) is 4.21. The third-order valence-electron chi connectivity index (χ3n) is 4.21. The number of hydrogen-bond acceptors (Lipinski definition) is 5. The van der Waals surface area contributed by atoms with E-state index in [0.717, 1.165) is 30.7 Å². The zero-order valence-corrected chi connectivity index (χ0v) is 13.8. The van der Waals surface area contributed by atoms with Crippen molar-refractivity contribution < 1.29 is 14.3 Å². The number of carbonyl (C=O) groups is 1. The molecule has 1 aromatic carbocycles. The third kappa shape index (κ3) is 4.11. The largest absolute Gasteiger partial charge is 0.497 e. The van der Waals surface area contributed by atoms with E-state index in [1.54, 1.807) is 13.4 Å². The molecule has 3 rings (SSSR count). The Balaban J connectivity index is 1.45. The standard InChI is InChI=1S/C17H22N4O3/c1-23-16-6-4-14(5-7-16)10-24-11-17(22)20-8-2-3-15(9-20)21-13-18-12-19-21/h4-7,12-13,15H,2-3,8-11H2,1H3. The molecule has 0 N–H and O–H groups in total. The maximum atomic E-state index is 12.3. The molecule has 1 saturated heterocycles. The summed E-state index contributed by atoms with van der Waals surface area (Å²) in [6, 6.07) is 7.84. The fraction of sp³-hybridized carbons (Fsp3) is 0.471. The van der Waals surface area contributed by atoms with Gasteiger partial charge in [-0.3, -0.25) is 4.79 Å². The molecule has 1 aliphatic heterocycles. The lowest BCUT2D eigenvalue weighted by Crippen LogP contribution is -2.42. The van der Waals surface area contributed by atoms with Gasteiger partial charge in [0.15, 0.2) is 0 Å². The molecule has 1 atom stereocenters. The van der Waals surface area contributed by atoms with Gasteiger partial charge in [-0.1, -0.05) is 12.1 Å². The Kier molecular flexibility index (Phi) is 5.43. The maximum Gasteiger partial charge on any atom is 0.248 e. The van der Waals surface area contributed by atoms with Crippen LogP contribution < -0.4 is 4.74 Å². The number of carbonyl (C=O) groups excluding carboxylic acids is 1. The van der Waals surface area contributed by atoms with E-state index in [1.165, 1.54) is 6.33 Å². The van der Waals surface area contributed by atoms with Crippen molar-refractivity contribution in [2.45, 2.75) is 25.5 Å². The number of nitrogens with zero attached hydrogens (tertiary/aromatic N) is 4. The molecule has 0 aliphatic carbocycles. The molecule has 0 bridgehead atoms. The minimum absolute atomic E-state index is 0.0216. The van der Waals surface area contributed by atoms with Gasteiger partial charge in [0.1, 0.15) is 25.0 Å². The number of amides is 1. The van der Waals surface area contributed by atoms with Crippen LogP contribution in [0.3, 0.4) is 0 Å². The van der Waals surface area contributed by atoms with Crippen molar-refractivity contribution in [3.05, 3.63) is 42.5 Å². The predicted octanol–water partition coefficient (Wildman–Crippen LogP) is 1.67. The average molecular weight is 330 g/mol. The van der Waals surface area contributed by atoms with Crippen LogP contribution >= 0.6 is 0 Å². The number of aromatic nitrogens is 3. The highest BCUT2D eigenvalue weighted by molar-refractivity contribution is 5.77. The average Bonchev–Trinajstić information content (AvgIpc) is 3.17. The fourth-order valence-electron chi connectivity index (χ4n) is 2.87. The van der Waals surface area contributed by atoms with Crippen LogP contribution in [0.2, 0.25) is 0 Å². The second-order valence-electron chi connectivity index (χ2n) is 5.85. The van der Waals surface area contributed by atoms with Crippen molar-refractivity contribution in [3.8, 4) is 5.75 Å². The van der Waals surface area contributed by atoms with E-state index < -0.39 is 0 Å². The van der Waals surface area contributed by atoms with Crippen molar-refractivity contribution in [2.75, 3.05) is 26.8 Å². The Morgan fingerprint density at radius 2 is 2.17 bits per heavy atom. The topological polar surface area (TPSA) is 69.5 Å². The van der Waals surface area contributed by atoms with Gasteiger partial charge in [0.2, 0.25) is 5.91 Å². The molecule has 0 radical (unpaired) electrons. The Morgan fingerprint density at radius 3 is 2.88 bits per heavy atom. The number of methoxy groups -OCH3 is 1. The smallest absolute Gasteiger partial charge is 0.248 e. The highest BCUT2D eigenvalue weighted by atomic mass is 16.5. The number of rotatable bonds is 6. The Hall–Kier alpha value is -2.41. The van der Waals surface area contributed by atoms with Gasteiger partial charge in [-0.15, -0.1) is 0 Å². The second kappa shape index (κ2) is 7.92. The summed E-state index contributed by atoms with van der Waals surface area (Å²) in [5.41, 5.74) is 1.02. The number of hydrogen-bond donors (Lipinski definition) is 0. The van der Waals surface area contributed by atoms with Crippen LogP contribution in [0.15, 0.2) is 36.9 Å². The molecule has 128 valence electrons. The van der Waals surface area contributed by atoms with E-state index in [4.69, 9.17) is 9.47 Å². The Morgan fingerprint density at radius 1 is 1.33 bits per heavy atom. The van der Waals surface area contributed by atoms with Crippen molar-refractivity contribution in [1.29, 1.82) is 0 Å². The second-order valence-corrected chi connectivity index (χ2v) is 5.85. The zero-order valence-electron chi connectivity index (χ0n) is 13.8. The van der Waals surface area contributed by atoms with Crippen molar-refractivity contribution in [3.63, 3.8) is 0 Å². The van der Waals surface area contributed by atoms with Crippen molar-refractivity contribution >= 4 is 5.91 Å². The van der Waals surface area contributed by atoms with Crippen molar-refractivity contribution in [2.24, 2.45) is 0 Å². The van der Waals surface area contributed by atoms with Crippen LogP contribution in [-0.4, -0.2) is 52.4 Å². The molecule has 0 saturated carbocycles. The molecule has 1 fully saturated rings. The van der Waals surface area contributed by atoms with Crippen LogP contribution in [0.5, 0.6) is 5.75 Å². The number of piperidine rings is 1. The number of benzene rings is 1. The first-order valence-electron chi connectivity index (χ1n) is 8.09. The molecule has 1 aromatic heterocycles. The molecular formula is C17H22N4O3. The molecule has 7 heteroatoms. The lowest BCUT2D eigenvalue weighted by Gasteiger charge is -2.32. The predicted molar refractivity (Wildman–Crippen MR) is 87.5 cm³/mol. The molecule has 7 nitrogen and oxygen atoms in total. The van der Waals surface area contributed by atoms with Crippen LogP contribution in [0.25, 0.3) is 0 Å². The van der Waals surface area contributed by atoms with E-state index >= 15 is 0 Å². The van der Waals surface area contributed by atoms with Gasteiger partial charge in [0, 0.05) is 13.1 Å². The summed E-state index contributed by atoms with van der Waals surface area (Å²) in [6.45, 7) is 1.94. The summed E-state index contributed by atoms with van der Waals surface area (Å²) in [6.07, 6.45) is 5.21. The van der Waals surface area contributed by atoms with Crippen molar-refractivity contribution in [1.82, 2.24) is 19.7 Å².